The van der Waals surface area contributed by atoms with E-state index in [4.69, 9.17) is 10.2 Å². The molecule has 0 unspecified atom stereocenters. The summed E-state index contributed by atoms with van der Waals surface area (Å²) in [5.74, 6) is 1.94. The highest BCUT2D eigenvalue weighted by Crippen LogP contribution is 2.58. The molecule has 2 aliphatic rings. The van der Waals surface area contributed by atoms with Gasteiger partial charge >= 0.3 is 0 Å². The van der Waals surface area contributed by atoms with Gasteiger partial charge in [0.25, 0.3) is 0 Å². The summed E-state index contributed by atoms with van der Waals surface area (Å²) in [5, 5.41) is 28.7. The molecule has 5 atom stereocenters. The molecule has 0 aromatic rings. The topological polar surface area (TPSA) is 60.7 Å². The summed E-state index contributed by atoms with van der Waals surface area (Å²) >= 11 is 0. The predicted molar refractivity (Wildman–Crippen MR) is 94.0 cm³/mol. The summed E-state index contributed by atoms with van der Waals surface area (Å²) in [6.07, 6.45) is 10.5. The maximum Gasteiger partial charge on any atom is 0.0753 e. The van der Waals surface area contributed by atoms with Crippen LogP contribution in [-0.2, 0) is 0 Å². The highest BCUT2D eigenvalue weighted by Gasteiger charge is 2.50. The normalized spacial score (nSPS) is 35.2. The van der Waals surface area contributed by atoms with Crippen LogP contribution in [-0.4, -0.2) is 34.6 Å². The Bertz CT molecular complexity index is 448. The van der Waals surface area contributed by atoms with Gasteiger partial charge in [-0.25, -0.2) is 0 Å². The third-order valence-electron chi connectivity index (χ3n) is 6.68. The van der Waals surface area contributed by atoms with Gasteiger partial charge in [-0.1, -0.05) is 26.0 Å². The van der Waals surface area contributed by atoms with Crippen molar-refractivity contribution in [1.82, 2.24) is 0 Å². The minimum Gasteiger partial charge on any atom is -0.392 e. The van der Waals surface area contributed by atoms with Crippen molar-refractivity contribution in [3.8, 4) is 0 Å². The average molecular weight is 322 g/mol. The molecule has 3 heteroatoms. The fraction of sp³-hybridized carbons (Fsp3) is 0.800. The van der Waals surface area contributed by atoms with E-state index in [-0.39, 0.29) is 24.7 Å². The molecule has 0 aromatic heterocycles. The Kier molecular flexibility index (Phi) is 6.47. The van der Waals surface area contributed by atoms with E-state index < -0.39 is 0 Å². The lowest BCUT2D eigenvalue weighted by Crippen LogP contribution is -2.40. The molecule has 0 radical (unpaired) electrons. The molecule has 23 heavy (non-hydrogen) atoms. The monoisotopic (exact) mass is 322 g/mol. The molecular formula is C20H34O3. The highest BCUT2D eigenvalue weighted by atomic mass is 16.3. The Hall–Kier alpha value is -0.640. The summed E-state index contributed by atoms with van der Waals surface area (Å²) in [7, 11) is 0. The Morgan fingerprint density at radius 2 is 2.04 bits per heavy atom. The van der Waals surface area contributed by atoms with E-state index >= 15 is 0 Å². The molecule has 2 aliphatic carbocycles. The molecular weight excluding hydrogens is 288 g/mol. The fourth-order valence-corrected chi connectivity index (χ4v) is 4.95. The van der Waals surface area contributed by atoms with Crippen LogP contribution in [0.25, 0.3) is 0 Å². The first kappa shape index (κ1) is 18.7. The molecule has 0 aliphatic heterocycles. The number of hydrogen-bond acceptors (Lipinski definition) is 3. The van der Waals surface area contributed by atoms with Crippen LogP contribution in [0.1, 0.15) is 59.3 Å². The molecule has 0 heterocycles. The molecule has 3 nitrogen and oxygen atoms in total. The second-order valence-corrected chi connectivity index (χ2v) is 7.92. The minimum absolute atomic E-state index is 0.0501. The van der Waals surface area contributed by atoms with Crippen LogP contribution < -0.4 is 0 Å². The molecule has 1 saturated carbocycles. The lowest BCUT2D eigenvalue weighted by molar-refractivity contribution is 0.0280. The first-order chi connectivity index (χ1) is 10.9. The zero-order valence-corrected chi connectivity index (χ0v) is 15.0. The van der Waals surface area contributed by atoms with Gasteiger partial charge in [0, 0.05) is 0 Å². The predicted octanol–water partition coefficient (Wildman–Crippen LogP) is 3.45. The molecule has 0 bridgehead atoms. The quantitative estimate of drug-likeness (QED) is 0.656. The van der Waals surface area contributed by atoms with Crippen molar-refractivity contribution in [2.75, 3.05) is 13.2 Å². The van der Waals surface area contributed by atoms with Crippen LogP contribution in [0, 0.1) is 23.2 Å². The van der Waals surface area contributed by atoms with Crippen molar-refractivity contribution < 1.29 is 15.3 Å². The van der Waals surface area contributed by atoms with Crippen molar-refractivity contribution in [3.05, 3.63) is 23.3 Å². The molecule has 3 N–H and O–H groups in total. The van der Waals surface area contributed by atoms with Crippen molar-refractivity contribution >= 4 is 0 Å². The standard InChI is InChI=1S/C20H34O3/c1-14(5-4-6-17(12-21)13-22)18-8-7-16(3)20(18)10-9-15(2)19(23)11-20/h6,9,14,16,18-19,21-23H,4-5,7-8,10-13H2,1-3H3/t14-,16-,18+,19-,20-/m0/s1. The number of aliphatic hydroxyl groups excluding tert-OH is 3. The highest BCUT2D eigenvalue weighted by molar-refractivity contribution is 5.16. The van der Waals surface area contributed by atoms with E-state index in [1.807, 2.05) is 13.0 Å². The summed E-state index contributed by atoms with van der Waals surface area (Å²) in [4.78, 5) is 0. The first-order valence-corrected chi connectivity index (χ1v) is 9.19. The zero-order valence-electron chi connectivity index (χ0n) is 15.0. The van der Waals surface area contributed by atoms with Crippen molar-refractivity contribution in [1.29, 1.82) is 0 Å². The lowest BCUT2D eigenvalue weighted by atomic mass is 9.60. The largest absolute Gasteiger partial charge is 0.392 e. The van der Waals surface area contributed by atoms with E-state index in [1.165, 1.54) is 12.8 Å². The van der Waals surface area contributed by atoms with E-state index in [0.29, 0.717) is 17.8 Å². The smallest absolute Gasteiger partial charge is 0.0753 e. The molecule has 1 fully saturated rings. The van der Waals surface area contributed by atoms with Crippen LogP contribution in [0.2, 0.25) is 0 Å². The number of hydrogen-bond donors (Lipinski definition) is 3. The Morgan fingerprint density at radius 1 is 1.35 bits per heavy atom. The van der Waals surface area contributed by atoms with Gasteiger partial charge < -0.3 is 15.3 Å². The summed E-state index contributed by atoms with van der Waals surface area (Å²) in [6.45, 7) is 6.65. The average Bonchev–Trinajstić information content (AvgIpc) is 2.84. The summed E-state index contributed by atoms with van der Waals surface area (Å²) in [5.41, 5.74) is 2.12. The van der Waals surface area contributed by atoms with Crippen molar-refractivity contribution in [2.45, 2.75) is 65.4 Å². The molecule has 0 aromatic carbocycles. The van der Waals surface area contributed by atoms with Gasteiger partial charge in [-0.2, -0.15) is 0 Å². The fourth-order valence-electron chi connectivity index (χ4n) is 4.95. The lowest BCUT2D eigenvalue weighted by Gasteiger charge is -2.45. The second kappa shape index (κ2) is 7.96. The van der Waals surface area contributed by atoms with E-state index in [1.54, 1.807) is 0 Å². The van der Waals surface area contributed by atoms with E-state index in [9.17, 15) is 5.11 Å². The maximum absolute atomic E-state index is 10.4. The molecule has 2 rings (SSSR count). The van der Waals surface area contributed by atoms with Gasteiger partial charge in [-0.3, -0.25) is 0 Å². The van der Waals surface area contributed by atoms with Crippen molar-refractivity contribution in [2.24, 2.45) is 23.2 Å². The van der Waals surface area contributed by atoms with Gasteiger partial charge in [0.05, 0.1) is 19.3 Å². The van der Waals surface area contributed by atoms with E-state index in [2.05, 4.69) is 19.9 Å². The SMILES string of the molecule is CC1=CC[C@@]2(C[C@@H]1O)[C@@H]([C@@H](C)CCC=C(CO)CO)CC[C@@H]2C. The van der Waals surface area contributed by atoms with Crippen LogP contribution in [0.15, 0.2) is 23.3 Å². The second-order valence-electron chi connectivity index (χ2n) is 7.92. The summed E-state index contributed by atoms with van der Waals surface area (Å²) in [6, 6.07) is 0. The molecule has 1 spiro atoms. The maximum atomic E-state index is 10.4. The van der Waals surface area contributed by atoms with Crippen LogP contribution >= 0.6 is 0 Å². The number of aliphatic hydroxyl groups is 3. The van der Waals surface area contributed by atoms with Crippen LogP contribution in [0.4, 0.5) is 0 Å². The first-order valence-electron chi connectivity index (χ1n) is 9.19. The minimum atomic E-state index is -0.269. The van der Waals surface area contributed by atoms with Crippen LogP contribution in [0.3, 0.4) is 0 Å². The Morgan fingerprint density at radius 3 is 2.65 bits per heavy atom. The van der Waals surface area contributed by atoms with E-state index in [0.717, 1.165) is 36.8 Å². The Balaban J connectivity index is 2.04. The van der Waals surface area contributed by atoms with Gasteiger partial charge in [0.1, 0.15) is 0 Å². The molecule has 0 saturated heterocycles. The van der Waals surface area contributed by atoms with Gasteiger partial charge in [-0.05, 0) is 79.8 Å². The zero-order chi connectivity index (χ0) is 17.0. The number of rotatable bonds is 6. The Labute approximate surface area is 141 Å². The van der Waals surface area contributed by atoms with Gasteiger partial charge in [0.15, 0.2) is 0 Å². The van der Waals surface area contributed by atoms with Gasteiger partial charge in [0.2, 0.25) is 0 Å². The summed E-state index contributed by atoms with van der Waals surface area (Å²) < 4.78 is 0. The third-order valence-corrected chi connectivity index (χ3v) is 6.68. The molecule has 0 amide bonds. The van der Waals surface area contributed by atoms with Crippen molar-refractivity contribution in [3.63, 3.8) is 0 Å². The third kappa shape index (κ3) is 3.89. The van der Waals surface area contributed by atoms with Gasteiger partial charge in [-0.15, -0.1) is 0 Å². The number of allylic oxidation sites excluding steroid dienone is 2. The molecule has 132 valence electrons. The van der Waals surface area contributed by atoms with Crippen LogP contribution in [0.5, 0.6) is 0 Å².